The van der Waals surface area contributed by atoms with Gasteiger partial charge < -0.3 is 31.3 Å². The number of hydrogen-bond acceptors (Lipinski definition) is 9. The standard InChI is InChI=1S/C18H19N7O3/c19-9-13(4-6-26)23-14-10-22-15(16(20)27)17(25-14)24-12-3-1-2-11(8-12)18-21-5-7-28-18/h1-3,5-8,10,13H,4,9,19H2,(H2,20,27)(H2,23,24,25)/t13-/m1/s1. The number of carbonyl (C=O) groups excluding carboxylic acids is 2. The summed E-state index contributed by atoms with van der Waals surface area (Å²) in [5.74, 6) is 0.256. The molecule has 144 valence electrons. The van der Waals surface area contributed by atoms with Crippen molar-refractivity contribution in [1.82, 2.24) is 15.0 Å². The maximum Gasteiger partial charge on any atom is 0.271 e. The number of nitrogens with one attached hydrogen (secondary N) is 2. The Hall–Kier alpha value is -3.79. The molecule has 10 nitrogen and oxygen atoms in total. The number of carbonyl (C=O) groups is 2. The largest absolute Gasteiger partial charge is 0.445 e. The first kappa shape index (κ1) is 19.0. The lowest BCUT2D eigenvalue weighted by Crippen LogP contribution is -2.30. The molecular weight excluding hydrogens is 362 g/mol. The van der Waals surface area contributed by atoms with Gasteiger partial charge in [-0.1, -0.05) is 6.07 Å². The lowest BCUT2D eigenvalue weighted by Gasteiger charge is -2.16. The van der Waals surface area contributed by atoms with Gasteiger partial charge in [-0.25, -0.2) is 15.0 Å². The van der Waals surface area contributed by atoms with Gasteiger partial charge in [0.15, 0.2) is 11.5 Å². The van der Waals surface area contributed by atoms with Gasteiger partial charge in [-0.05, 0) is 18.2 Å². The van der Waals surface area contributed by atoms with Crippen LogP contribution < -0.4 is 22.1 Å². The molecule has 3 aromatic rings. The number of amides is 1. The monoisotopic (exact) mass is 381 g/mol. The zero-order valence-electron chi connectivity index (χ0n) is 14.8. The van der Waals surface area contributed by atoms with Gasteiger partial charge in [0.05, 0.1) is 12.4 Å². The number of aromatic nitrogens is 3. The van der Waals surface area contributed by atoms with E-state index in [2.05, 4.69) is 25.6 Å². The third-order valence-electron chi connectivity index (χ3n) is 3.83. The summed E-state index contributed by atoms with van der Waals surface area (Å²) in [5, 5.41) is 6.04. The van der Waals surface area contributed by atoms with Crippen LogP contribution in [0.1, 0.15) is 16.9 Å². The van der Waals surface area contributed by atoms with Crippen molar-refractivity contribution in [2.45, 2.75) is 12.5 Å². The summed E-state index contributed by atoms with van der Waals surface area (Å²) in [6.45, 7) is 0.235. The Morgan fingerprint density at radius 1 is 1.32 bits per heavy atom. The van der Waals surface area contributed by atoms with Crippen LogP contribution in [0.4, 0.5) is 17.3 Å². The summed E-state index contributed by atoms with van der Waals surface area (Å²) < 4.78 is 5.29. The number of nitrogens with zero attached hydrogens (tertiary/aromatic N) is 3. The minimum atomic E-state index is -0.728. The minimum Gasteiger partial charge on any atom is -0.445 e. The summed E-state index contributed by atoms with van der Waals surface area (Å²) >= 11 is 0. The van der Waals surface area contributed by atoms with Gasteiger partial charge in [0, 0.05) is 30.3 Å². The van der Waals surface area contributed by atoms with E-state index in [0.717, 1.165) is 11.8 Å². The fourth-order valence-electron chi connectivity index (χ4n) is 2.50. The molecule has 10 heteroatoms. The van der Waals surface area contributed by atoms with E-state index in [-0.39, 0.29) is 30.5 Å². The molecule has 1 aromatic carbocycles. The Bertz CT molecular complexity index is 960. The third kappa shape index (κ3) is 4.48. The number of anilines is 3. The summed E-state index contributed by atoms with van der Waals surface area (Å²) in [7, 11) is 0. The Morgan fingerprint density at radius 2 is 2.18 bits per heavy atom. The van der Waals surface area contributed by atoms with Crippen LogP contribution in [-0.2, 0) is 4.79 Å². The van der Waals surface area contributed by atoms with E-state index < -0.39 is 5.91 Å². The van der Waals surface area contributed by atoms with Crippen molar-refractivity contribution in [3.63, 3.8) is 0 Å². The molecule has 1 atom stereocenters. The maximum atomic E-state index is 11.7. The van der Waals surface area contributed by atoms with Crippen LogP contribution in [0, 0.1) is 0 Å². The van der Waals surface area contributed by atoms with Crippen LogP contribution in [0.5, 0.6) is 0 Å². The number of oxazole rings is 1. The van der Waals surface area contributed by atoms with Crippen molar-refractivity contribution in [3.05, 3.63) is 48.6 Å². The molecule has 0 fully saturated rings. The molecule has 0 aliphatic carbocycles. The van der Waals surface area contributed by atoms with Crippen LogP contribution in [0.3, 0.4) is 0 Å². The normalized spacial score (nSPS) is 11.6. The summed E-state index contributed by atoms with van der Waals surface area (Å²) in [5.41, 5.74) is 12.4. The second kappa shape index (κ2) is 8.73. The van der Waals surface area contributed by atoms with E-state index >= 15 is 0 Å². The summed E-state index contributed by atoms with van der Waals surface area (Å²) in [6.07, 6.45) is 5.38. The Morgan fingerprint density at radius 3 is 2.86 bits per heavy atom. The van der Waals surface area contributed by atoms with Gasteiger partial charge in [-0.15, -0.1) is 0 Å². The number of nitrogens with two attached hydrogens (primary N) is 2. The fourth-order valence-corrected chi connectivity index (χ4v) is 2.50. The molecule has 0 saturated heterocycles. The van der Waals surface area contributed by atoms with Gasteiger partial charge in [0.1, 0.15) is 18.4 Å². The Kier molecular flexibility index (Phi) is 5.92. The van der Waals surface area contributed by atoms with E-state index in [1.165, 1.54) is 12.5 Å². The average molecular weight is 381 g/mol. The molecule has 0 radical (unpaired) electrons. The van der Waals surface area contributed by atoms with Crippen LogP contribution in [0.25, 0.3) is 11.5 Å². The van der Waals surface area contributed by atoms with Crippen molar-refractivity contribution in [2.24, 2.45) is 11.5 Å². The highest BCUT2D eigenvalue weighted by atomic mass is 16.3. The lowest BCUT2D eigenvalue weighted by atomic mass is 10.2. The lowest BCUT2D eigenvalue weighted by molar-refractivity contribution is -0.108. The molecule has 0 aliphatic heterocycles. The minimum absolute atomic E-state index is 0.0215. The Labute approximate surface area is 160 Å². The van der Waals surface area contributed by atoms with Crippen LogP contribution in [-0.4, -0.2) is 39.7 Å². The molecule has 0 saturated carbocycles. The number of rotatable bonds is 9. The molecule has 0 unspecified atom stereocenters. The second-order valence-corrected chi connectivity index (χ2v) is 5.84. The first-order valence-corrected chi connectivity index (χ1v) is 8.44. The first-order chi connectivity index (χ1) is 13.6. The molecule has 0 bridgehead atoms. The van der Waals surface area contributed by atoms with Crippen LogP contribution in [0.15, 0.2) is 47.3 Å². The van der Waals surface area contributed by atoms with Crippen molar-refractivity contribution >= 4 is 29.5 Å². The smallest absolute Gasteiger partial charge is 0.271 e. The summed E-state index contributed by atoms with van der Waals surface area (Å²) in [4.78, 5) is 35.0. The van der Waals surface area contributed by atoms with Crippen LogP contribution >= 0.6 is 0 Å². The highest BCUT2D eigenvalue weighted by molar-refractivity contribution is 5.96. The summed E-state index contributed by atoms with van der Waals surface area (Å²) in [6, 6.07) is 6.91. The highest BCUT2D eigenvalue weighted by Crippen LogP contribution is 2.24. The number of primary amides is 1. The van der Waals surface area contributed by atoms with Gasteiger partial charge in [-0.3, -0.25) is 4.79 Å². The fraction of sp³-hybridized carbons (Fsp3) is 0.167. The molecule has 0 spiro atoms. The van der Waals surface area contributed by atoms with Crippen LogP contribution in [0.2, 0.25) is 0 Å². The van der Waals surface area contributed by atoms with Gasteiger partial charge in [-0.2, -0.15) is 0 Å². The van der Waals surface area contributed by atoms with Gasteiger partial charge >= 0.3 is 0 Å². The zero-order valence-corrected chi connectivity index (χ0v) is 14.8. The Balaban J connectivity index is 1.89. The van der Waals surface area contributed by atoms with E-state index in [9.17, 15) is 9.59 Å². The number of aldehydes is 1. The van der Waals surface area contributed by atoms with Crippen molar-refractivity contribution in [2.75, 3.05) is 17.2 Å². The predicted molar refractivity (Wildman–Crippen MR) is 103 cm³/mol. The van der Waals surface area contributed by atoms with E-state index in [1.54, 1.807) is 24.4 Å². The molecular formula is C18H19N7O3. The quantitative estimate of drug-likeness (QED) is 0.400. The second-order valence-electron chi connectivity index (χ2n) is 5.84. The van der Waals surface area contributed by atoms with Crippen molar-refractivity contribution < 1.29 is 14.0 Å². The average Bonchev–Trinajstić information content (AvgIpc) is 3.23. The van der Waals surface area contributed by atoms with Crippen molar-refractivity contribution in [1.29, 1.82) is 0 Å². The zero-order chi connectivity index (χ0) is 19.9. The SMILES string of the molecule is NC[C@@H](CC=O)Nc1cnc(C(N)=O)c(Nc2cccc(-c3ncco3)c2)n1. The van der Waals surface area contributed by atoms with E-state index in [1.807, 2.05) is 6.07 Å². The van der Waals surface area contributed by atoms with E-state index in [4.69, 9.17) is 15.9 Å². The predicted octanol–water partition coefficient (Wildman–Crippen LogP) is 1.30. The van der Waals surface area contributed by atoms with Gasteiger partial charge in [0.25, 0.3) is 5.91 Å². The molecule has 1 amide bonds. The molecule has 2 aromatic heterocycles. The molecule has 0 aliphatic rings. The molecule has 3 rings (SSSR count). The highest BCUT2D eigenvalue weighted by Gasteiger charge is 2.15. The van der Waals surface area contributed by atoms with E-state index in [0.29, 0.717) is 17.4 Å². The molecule has 6 N–H and O–H groups in total. The molecule has 2 heterocycles. The van der Waals surface area contributed by atoms with Gasteiger partial charge in [0.2, 0.25) is 5.89 Å². The number of hydrogen-bond donors (Lipinski definition) is 4. The molecule has 28 heavy (non-hydrogen) atoms. The third-order valence-corrected chi connectivity index (χ3v) is 3.83. The first-order valence-electron chi connectivity index (χ1n) is 8.44. The van der Waals surface area contributed by atoms with Crippen molar-refractivity contribution in [3.8, 4) is 11.5 Å². The maximum absolute atomic E-state index is 11.7. The topological polar surface area (TPSA) is 162 Å². The number of benzene rings is 1.